The van der Waals surface area contributed by atoms with Gasteiger partial charge in [-0.1, -0.05) is 198 Å². The monoisotopic (exact) mass is 1020 g/mol. The third-order valence-corrected chi connectivity index (χ3v) is 12.9. The summed E-state index contributed by atoms with van der Waals surface area (Å²) >= 11 is -0.826. The number of rotatable bonds is 12. The van der Waals surface area contributed by atoms with Gasteiger partial charge in [-0.25, -0.2) is 0 Å². The van der Waals surface area contributed by atoms with Gasteiger partial charge in [0.1, 0.15) is 0 Å². The van der Waals surface area contributed by atoms with Gasteiger partial charge in [0.15, 0.2) is 0 Å². The molecule has 0 aliphatic carbocycles. The Bertz CT molecular complexity index is 2810. The summed E-state index contributed by atoms with van der Waals surface area (Å²) in [7, 11) is 9.87. The van der Waals surface area contributed by atoms with Gasteiger partial charge in [0.05, 0.1) is 0 Å². The van der Waals surface area contributed by atoms with Crippen LogP contribution < -0.4 is 0 Å². The maximum absolute atomic E-state index is 4.93. The molecule has 0 atom stereocenters. The molecular formula is C66H63Cl2Zr-3. The fourth-order valence-electron chi connectivity index (χ4n) is 9.32. The van der Waals surface area contributed by atoms with Gasteiger partial charge in [-0.2, -0.15) is 19.1 Å². The van der Waals surface area contributed by atoms with Crippen LogP contribution in [0.2, 0.25) is 0 Å². The Morgan fingerprint density at radius 3 is 0.928 bits per heavy atom. The number of unbranched alkanes of at least 4 members (excludes halogenated alkanes) is 2. The third-order valence-electron chi connectivity index (χ3n) is 12.9. The third kappa shape index (κ3) is 13.0. The molecule has 10 aromatic rings. The van der Waals surface area contributed by atoms with Gasteiger partial charge < -0.3 is 6.92 Å². The number of fused-ring (bicyclic) bond motifs is 2. The minimum absolute atomic E-state index is 0.826. The van der Waals surface area contributed by atoms with Crippen LogP contribution in [0.1, 0.15) is 68.7 Å². The Hall–Kier alpha value is -5.56. The molecule has 0 nitrogen and oxygen atoms in total. The zero-order valence-electron chi connectivity index (χ0n) is 40.8. The molecule has 0 aliphatic rings. The van der Waals surface area contributed by atoms with Gasteiger partial charge in [0, 0.05) is 0 Å². The van der Waals surface area contributed by atoms with E-state index in [-0.39, 0.29) is 0 Å². The molecule has 69 heavy (non-hydrogen) atoms. The van der Waals surface area contributed by atoms with Crippen molar-refractivity contribution in [2.75, 3.05) is 0 Å². The van der Waals surface area contributed by atoms with E-state index in [1.165, 1.54) is 136 Å². The summed E-state index contributed by atoms with van der Waals surface area (Å²) in [5, 5.41) is 5.53. The molecule has 0 unspecified atom stereocenters. The summed E-state index contributed by atoms with van der Waals surface area (Å²) in [4.78, 5) is 0. The zero-order valence-corrected chi connectivity index (χ0v) is 44.8. The summed E-state index contributed by atoms with van der Waals surface area (Å²) in [6, 6.07) is 75.7. The normalized spacial score (nSPS) is 10.7. The first-order chi connectivity index (χ1) is 33.9. The quantitative estimate of drug-likeness (QED) is 0.107. The maximum atomic E-state index is 4.93. The van der Waals surface area contributed by atoms with Crippen LogP contribution in [0.15, 0.2) is 206 Å². The van der Waals surface area contributed by atoms with Crippen LogP contribution in [-0.4, -0.2) is 0 Å². The van der Waals surface area contributed by atoms with E-state index in [2.05, 4.69) is 241 Å². The molecule has 3 heteroatoms. The molecule has 0 bridgehead atoms. The predicted molar refractivity (Wildman–Crippen MR) is 301 cm³/mol. The molecule has 0 saturated heterocycles. The summed E-state index contributed by atoms with van der Waals surface area (Å²) < 4.78 is 0. The van der Waals surface area contributed by atoms with E-state index in [4.69, 9.17) is 17.0 Å². The molecule has 0 heterocycles. The second-order valence-electron chi connectivity index (χ2n) is 17.6. The average Bonchev–Trinajstić information content (AvgIpc) is 4.06. The van der Waals surface area contributed by atoms with Crippen molar-refractivity contribution >= 4 is 38.6 Å². The number of hydrogen-bond donors (Lipinski definition) is 0. The van der Waals surface area contributed by atoms with Gasteiger partial charge in [-0.3, -0.25) is 0 Å². The molecule has 0 amide bonds. The topological polar surface area (TPSA) is 0 Å². The van der Waals surface area contributed by atoms with E-state index in [1.807, 2.05) is 0 Å². The van der Waals surface area contributed by atoms with Gasteiger partial charge in [-0.05, 0) is 105 Å². The molecule has 0 fully saturated rings. The molecule has 0 aromatic heterocycles. The van der Waals surface area contributed by atoms with E-state index >= 15 is 0 Å². The Morgan fingerprint density at radius 1 is 0.377 bits per heavy atom. The fourth-order valence-corrected chi connectivity index (χ4v) is 9.32. The SMILES string of the molecule is CCCCc1cc2c(-c3cc(-c4ccccc4)cc(-c4ccccc4)c3)ccc(C)c2[cH-]1.CCCCc1cc2c(-c3cc(-c4ccccc4)cc(-c4ccccc4)c3)ccc(C)c2[cH-]1.[CH2-]C.[Cl][Zr][Cl]. The van der Waals surface area contributed by atoms with Crippen LogP contribution in [0.25, 0.3) is 88.3 Å². The van der Waals surface area contributed by atoms with Crippen molar-refractivity contribution in [1.82, 2.24) is 0 Å². The van der Waals surface area contributed by atoms with Crippen molar-refractivity contribution < 1.29 is 20.8 Å². The summed E-state index contributed by atoms with van der Waals surface area (Å²) in [6.07, 6.45) is 7.26. The first-order valence-electron chi connectivity index (χ1n) is 24.4. The van der Waals surface area contributed by atoms with Crippen LogP contribution >= 0.6 is 17.0 Å². The van der Waals surface area contributed by atoms with Gasteiger partial charge in [0.25, 0.3) is 0 Å². The molecule has 10 aromatic carbocycles. The first kappa shape index (κ1) is 51.3. The number of aryl methyl sites for hydroxylation is 4. The molecule has 0 aliphatic heterocycles. The van der Waals surface area contributed by atoms with Crippen molar-refractivity contribution in [3.8, 4) is 66.8 Å². The van der Waals surface area contributed by atoms with E-state index in [1.54, 1.807) is 6.92 Å². The van der Waals surface area contributed by atoms with Gasteiger partial charge >= 0.3 is 37.9 Å². The number of benzene rings is 8. The fraction of sp³-hybridized carbons (Fsp3) is 0.167. The van der Waals surface area contributed by atoms with Crippen molar-refractivity contribution in [1.29, 1.82) is 0 Å². The number of halogens is 2. The van der Waals surface area contributed by atoms with E-state index in [9.17, 15) is 0 Å². The molecular weight excluding hydrogens is 955 g/mol. The molecule has 0 radical (unpaired) electrons. The standard InChI is InChI=1S/2C32H29.C2H5.2ClH.Zr/c2*1-3-4-11-24-18-31-23(2)16-17-30(32(31)19-24)29-21-27(25-12-7-5-8-13-25)20-28(22-29)26-14-9-6-10-15-26;1-2;;;/h2*5-10,12-22H,3-4,11H2,1-2H3;1H2,2H3;2*1H;/q3*-1;;;+2/p-2. The number of hydrogen-bond acceptors (Lipinski definition) is 0. The minimum atomic E-state index is -0.826. The van der Waals surface area contributed by atoms with Crippen molar-refractivity contribution in [2.24, 2.45) is 0 Å². The van der Waals surface area contributed by atoms with Crippen LogP contribution in [0, 0.1) is 20.8 Å². The molecule has 0 spiro atoms. The van der Waals surface area contributed by atoms with Crippen LogP contribution in [-0.2, 0) is 33.7 Å². The first-order valence-corrected chi connectivity index (χ1v) is 30.8. The van der Waals surface area contributed by atoms with Crippen molar-refractivity contribution in [3.05, 3.63) is 235 Å². The second-order valence-corrected chi connectivity index (χ2v) is 21.3. The summed E-state index contributed by atoms with van der Waals surface area (Å²) in [5.41, 5.74) is 20.9. The van der Waals surface area contributed by atoms with Crippen LogP contribution in [0.4, 0.5) is 0 Å². The van der Waals surface area contributed by atoms with E-state index < -0.39 is 20.8 Å². The van der Waals surface area contributed by atoms with Crippen LogP contribution in [0.5, 0.6) is 0 Å². The Kier molecular flexibility index (Phi) is 19.2. The van der Waals surface area contributed by atoms with Crippen molar-refractivity contribution in [3.63, 3.8) is 0 Å². The Morgan fingerprint density at radius 2 is 0.652 bits per heavy atom. The Balaban J connectivity index is 0.000000187. The zero-order chi connectivity index (χ0) is 48.5. The van der Waals surface area contributed by atoms with Crippen LogP contribution in [0.3, 0.4) is 0 Å². The summed E-state index contributed by atoms with van der Waals surface area (Å²) in [5.74, 6) is 0. The predicted octanol–water partition coefficient (Wildman–Crippen LogP) is 20.6. The van der Waals surface area contributed by atoms with Gasteiger partial charge in [-0.15, -0.1) is 68.1 Å². The van der Waals surface area contributed by atoms with Crippen molar-refractivity contribution in [2.45, 2.75) is 73.1 Å². The molecule has 348 valence electrons. The molecule has 10 rings (SSSR count). The molecule has 0 saturated carbocycles. The average molecular weight is 1020 g/mol. The van der Waals surface area contributed by atoms with Gasteiger partial charge in [0.2, 0.25) is 0 Å². The molecule has 0 N–H and O–H groups in total. The second kappa shape index (κ2) is 25.9. The van der Waals surface area contributed by atoms with E-state index in [0.717, 1.165) is 12.8 Å². The van der Waals surface area contributed by atoms with E-state index in [0.29, 0.717) is 0 Å². The Labute approximate surface area is 431 Å². The summed E-state index contributed by atoms with van der Waals surface area (Å²) in [6.45, 7) is 14.0.